The number of hydrogen-bond acceptors (Lipinski definition) is 8. The summed E-state index contributed by atoms with van der Waals surface area (Å²) >= 11 is 0. The van der Waals surface area contributed by atoms with Crippen LogP contribution in [0.15, 0.2) is 67.1 Å². The van der Waals surface area contributed by atoms with Crippen molar-refractivity contribution in [1.29, 1.82) is 0 Å². The van der Waals surface area contributed by atoms with Gasteiger partial charge < -0.3 is 30.2 Å². The zero-order valence-electron chi connectivity index (χ0n) is 22.2. The van der Waals surface area contributed by atoms with E-state index in [4.69, 9.17) is 14.2 Å². The third-order valence-electron chi connectivity index (χ3n) is 6.71. The molecule has 2 heterocycles. The lowest BCUT2D eigenvalue weighted by Gasteiger charge is -2.29. The molecule has 3 amide bonds. The molecule has 40 heavy (non-hydrogen) atoms. The fourth-order valence-corrected chi connectivity index (χ4v) is 4.68. The van der Waals surface area contributed by atoms with Crippen LogP contribution in [0.25, 0.3) is 10.9 Å². The molecule has 0 aliphatic heterocycles. The van der Waals surface area contributed by atoms with Crippen molar-refractivity contribution in [3.05, 3.63) is 72.8 Å². The van der Waals surface area contributed by atoms with Crippen molar-refractivity contribution in [1.82, 2.24) is 25.6 Å². The highest BCUT2D eigenvalue weighted by atomic mass is 16.5. The summed E-state index contributed by atoms with van der Waals surface area (Å²) in [6.45, 7) is 0. The van der Waals surface area contributed by atoms with Gasteiger partial charge in [0, 0.05) is 36.1 Å². The largest absolute Gasteiger partial charge is 0.493 e. The first kappa shape index (κ1) is 26.7. The monoisotopic (exact) mass is 542 g/mol. The molecular weight excluding hydrogens is 512 g/mol. The van der Waals surface area contributed by atoms with Gasteiger partial charge in [-0.2, -0.15) is 0 Å². The number of methoxy groups -OCH3 is 2. The SMILES string of the molecule is COc1cc2ncnc(Oc3cccc(NC(=O)NC4CCC(NC(=O)c5ccccn5)CC4)c3)c2cc1OC. The van der Waals surface area contributed by atoms with Crippen molar-refractivity contribution in [3.8, 4) is 23.1 Å². The summed E-state index contributed by atoms with van der Waals surface area (Å²) in [4.78, 5) is 37.7. The van der Waals surface area contributed by atoms with E-state index < -0.39 is 0 Å². The van der Waals surface area contributed by atoms with Crippen molar-refractivity contribution in [3.63, 3.8) is 0 Å². The van der Waals surface area contributed by atoms with Crippen LogP contribution in [-0.2, 0) is 0 Å². The number of amides is 3. The number of urea groups is 1. The summed E-state index contributed by atoms with van der Waals surface area (Å²) in [5.41, 5.74) is 1.62. The Kier molecular flexibility index (Phi) is 8.19. The van der Waals surface area contributed by atoms with Crippen molar-refractivity contribution >= 4 is 28.5 Å². The molecule has 0 bridgehead atoms. The zero-order chi connectivity index (χ0) is 27.9. The van der Waals surface area contributed by atoms with E-state index in [-0.39, 0.29) is 24.0 Å². The van der Waals surface area contributed by atoms with E-state index in [1.54, 1.807) is 75.0 Å². The third kappa shape index (κ3) is 6.37. The Morgan fingerprint density at radius 3 is 2.30 bits per heavy atom. The molecule has 2 aromatic carbocycles. The Bertz CT molecular complexity index is 1490. The molecule has 0 spiro atoms. The molecular formula is C29H30N6O5. The number of ether oxygens (including phenoxy) is 3. The number of nitrogens with one attached hydrogen (secondary N) is 3. The molecule has 11 nitrogen and oxygen atoms in total. The van der Waals surface area contributed by atoms with Gasteiger partial charge in [0.25, 0.3) is 5.91 Å². The Labute approximate surface area is 231 Å². The van der Waals surface area contributed by atoms with Crippen LogP contribution in [-0.4, -0.2) is 53.2 Å². The number of nitrogens with zero attached hydrogens (tertiary/aromatic N) is 3. The molecule has 4 aromatic rings. The first-order valence-corrected chi connectivity index (χ1v) is 13.0. The number of fused-ring (bicyclic) bond motifs is 1. The molecule has 0 atom stereocenters. The van der Waals surface area contributed by atoms with Crippen LogP contribution in [0.5, 0.6) is 23.1 Å². The van der Waals surface area contributed by atoms with Gasteiger partial charge in [0.15, 0.2) is 11.5 Å². The molecule has 0 saturated heterocycles. The lowest BCUT2D eigenvalue weighted by Crippen LogP contribution is -2.45. The number of rotatable bonds is 8. The van der Waals surface area contributed by atoms with Gasteiger partial charge in [-0.05, 0) is 56.0 Å². The van der Waals surface area contributed by atoms with Gasteiger partial charge in [0.1, 0.15) is 17.8 Å². The molecule has 1 fully saturated rings. The van der Waals surface area contributed by atoms with E-state index in [0.717, 1.165) is 25.7 Å². The molecule has 1 aliphatic carbocycles. The molecule has 5 rings (SSSR count). The number of aromatic nitrogens is 3. The van der Waals surface area contributed by atoms with E-state index in [9.17, 15) is 9.59 Å². The van der Waals surface area contributed by atoms with Crippen LogP contribution in [0, 0.1) is 0 Å². The van der Waals surface area contributed by atoms with Crippen molar-refractivity contribution in [2.75, 3.05) is 19.5 Å². The van der Waals surface area contributed by atoms with Crippen LogP contribution in [0.3, 0.4) is 0 Å². The van der Waals surface area contributed by atoms with Gasteiger partial charge in [-0.25, -0.2) is 14.8 Å². The summed E-state index contributed by atoms with van der Waals surface area (Å²) in [5, 5.41) is 9.59. The summed E-state index contributed by atoms with van der Waals surface area (Å²) in [6.07, 6.45) is 6.09. The van der Waals surface area contributed by atoms with Crippen LogP contribution < -0.4 is 30.2 Å². The topological polar surface area (TPSA) is 137 Å². The van der Waals surface area contributed by atoms with Gasteiger partial charge in [0.05, 0.1) is 25.1 Å². The molecule has 3 N–H and O–H groups in total. The molecule has 1 saturated carbocycles. The Morgan fingerprint density at radius 2 is 1.57 bits per heavy atom. The van der Waals surface area contributed by atoms with Gasteiger partial charge in [-0.3, -0.25) is 9.78 Å². The second-order valence-electron chi connectivity index (χ2n) is 9.37. The summed E-state index contributed by atoms with van der Waals surface area (Å²) < 4.78 is 16.8. The van der Waals surface area contributed by atoms with Gasteiger partial charge in [0.2, 0.25) is 5.88 Å². The third-order valence-corrected chi connectivity index (χ3v) is 6.71. The minimum Gasteiger partial charge on any atom is -0.493 e. The summed E-state index contributed by atoms with van der Waals surface area (Å²) in [6, 6.07) is 15.6. The highest BCUT2D eigenvalue weighted by molar-refractivity contribution is 5.92. The fraction of sp³-hybridized carbons (Fsp3) is 0.276. The van der Waals surface area contributed by atoms with E-state index in [1.165, 1.54) is 6.33 Å². The van der Waals surface area contributed by atoms with E-state index in [2.05, 4.69) is 30.9 Å². The van der Waals surface area contributed by atoms with Crippen molar-refractivity contribution < 1.29 is 23.8 Å². The van der Waals surface area contributed by atoms with Crippen molar-refractivity contribution in [2.45, 2.75) is 37.8 Å². The predicted octanol–water partition coefficient (Wildman–Crippen LogP) is 4.70. The average molecular weight is 543 g/mol. The van der Waals surface area contributed by atoms with Crippen LogP contribution in [0.1, 0.15) is 36.2 Å². The molecule has 206 valence electrons. The predicted molar refractivity (Wildman–Crippen MR) is 149 cm³/mol. The maximum absolute atomic E-state index is 12.7. The van der Waals surface area contributed by atoms with Crippen LogP contribution >= 0.6 is 0 Å². The standard InChI is InChI=1S/C29H30N6O5/c1-38-25-15-22-24(16-26(25)39-2)31-17-32-28(22)40-21-7-5-6-20(14-21)35-29(37)34-19-11-9-18(10-12-19)33-27(36)23-8-3-4-13-30-23/h3-8,13-19H,9-12H2,1-2H3,(H,33,36)(H2,34,35,37). The Balaban J connectivity index is 1.16. The molecule has 0 radical (unpaired) electrons. The fourth-order valence-electron chi connectivity index (χ4n) is 4.68. The van der Waals surface area contributed by atoms with Crippen LogP contribution in [0.2, 0.25) is 0 Å². The number of anilines is 1. The Hall–Kier alpha value is -4.93. The first-order chi connectivity index (χ1) is 19.5. The quantitative estimate of drug-likeness (QED) is 0.292. The molecule has 11 heteroatoms. The highest BCUT2D eigenvalue weighted by Gasteiger charge is 2.24. The van der Waals surface area contributed by atoms with Crippen LogP contribution in [0.4, 0.5) is 10.5 Å². The number of hydrogen-bond donors (Lipinski definition) is 3. The number of carbonyl (C=O) groups excluding carboxylic acids is 2. The van der Waals surface area contributed by atoms with Crippen molar-refractivity contribution in [2.24, 2.45) is 0 Å². The number of benzene rings is 2. The maximum Gasteiger partial charge on any atom is 0.319 e. The molecule has 2 aromatic heterocycles. The first-order valence-electron chi connectivity index (χ1n) is 13.0. The highest BCUT2D eigenvalue weighted by Crippen LogP contribution is 2.36. The second kappa shape index (κ2) is 12.3. The van der Waals surface area contributed by atoms with E-state index in [0.29, 0.717) is 45.4 Å². The molecule has 1 aliphatic rings. The lowest BCUT2D eigenvalue weighted by atomic mass is 9.91. The molecule has 0 unspecified atom stereocenters. The average Bonchev–Trinajstić information content (AvgIpc) is 2.98. The lowest BCUT2D eigenvalue weighted by molar-refractivity contribution is 0.0919. The summed E-state index contributed by atoms with van der Waals surface area (Å²) in [5.74, 6) is 1.76. The zero-order valence-corrected chi connectivity index (χ0v) is 22.2. The number of pyridine rings is 1. The Morgan fingerprint density at radius 1 is 0.825 bits per heavy atom. The van der Waals surface area contributed by atoms with Gasteiger partial charge >= 0.3 is 6.03 Å². The maximum atomic E-state index is 12.7. The van der Waals surface area contributed by atoms with Gasteiger partial charge in [-0.15, -0.1) is 0 Å². The van der Waals surface area contributed by atoms with E-state index >= 15 is 0 Å². The number of carbonyl (C=O) groups is 2. The van der Waals surface area contributed by atoms with E-state index in [1.807, 2.05) is 0 Å². The minimum atomic E-state index is -0.303. The smallest absolute Gasteiger partial charge is 0.319 e. The minimum absolute atomic E-state index is 0.0155. The normalized spacial score (nSPS) is 16.6. The summed E-state index contributed by atoms with van der Waals surface area (Å²) in [7, 11) is 3.12. The second-order valence-corrected chi connectivity index (χ2v) is 9.37. The van der Waals surface area contributed by atoms with Gasteiger partial charge in [-0.1, -0.05) is 12.1 Å².